The highest BCUT2D eigenvalue weighted by molar-refractivity contribution is 7.85. The number of hydrogen-bond donors (Lipinski definition) is 1. The van der Waals surface area contributed by atoms with E-state index < -0.39 is 10.8 Å². The highest BCUT2D eigenvalue weighted by Gasteiger charge is 2.20. The first-order chi connectivity index (χ1) is 7.34. The SMILES string of the molecule is CC(C)(C)S(=O)Cc1cc(F)ccc1CN. The van der Waals surface area contributed by atoms with Gasteiger partial charge in [-0.3, -0.25) is 4.21 Å². The molecule has 0 amide bonds. The van der Waals surface area contributed by atoms with Crippen LogP contribution in [0.25, 0.3) is 0 Å². The molecule has 2 nitrogen and oxygen atoms in total. The van der Waals surface area contributed by atoms with E-state index in [2.05, 4.69) is 0 Å². The second-order valence-electron chi connectivity index (χ2n) is 4.72. The fourth-order valence-electron chi connectivity index (χ4n) is 1.29. The molecule has 1 rings (SSSR count). The summed E-state index contributed by atoms with van der Waals surface area (Å²) in [7, 11) is -1.03. The van der Waals surface area contributed by atoms with Crippen molar-refractivity contribution in [3.05, 3.63) is 35.1 Å². The summed E-state index contributed by atoms with van der Waals surface area (Å²) in [6.07, 6.45) is 0. The van der Waals surface area contributed by atoms with Crippen molar-refractivity contribution >= 4 is 10.8 Å². The lowest BCUT2D eigenvalue weighted by Gasteiger charge is -2.18. The van der Waals surface area contributed by atoms with Gasteiger partial charge in [0.2, 0.25) is 0 Å². The van der Waals surface area contributed by atoms with Gasteiger partial charge in [-0.1, -0.05) is 6.07 Å². The largest absolute Gasteiger partial charge is 0.326 e. The van der Waals surface area contributed by atoms with Crippen LogP contribution >= 0.6 is 0 Å². The molecule has 4 heteroatoms. The van der Waals surface area contributed by atoms with Crippen LogP contribution in [-0.4, -0.2) is 8.96 Å². The summed E-state index contributed by atoms with van der Waals surface area (Å²) in [5.74, 6) is 0.0476. The van der Waals surface area contributed by atoms with Gasteiger partial charge in [0.15, 0.2) is 0 Å². The van der Waals surface area contributed by atoms with Gasteiger partial charge in [0.25, 0.3) is 0 Å². The molecular formula is C12H18FNOS. The van der Waals surface area contributed by atoms with Crippen molar-refractivity contribution < 1.29 is 8.60 Å². The Labute approximate surface area is 98.5 Å². The molecule has 0 saturated heterocycles. The first-order valence-corrected chi connectivity index (χ1v) is 6.52. The molecule has 0 fully saturated rings. The smallest absolute Gasteiger partial charge is 0.123 e. The maximum Gasteiger partial charge on any atom is 0.123 e. The van der Waals surface area contributed by atoms with E-state index in [1.54, 1.807) is 6.07 Å². The van der Waals surface area contributed by atoms with Crippen LogP contribution in [0.4, 0.5) is 4.39 Å². The number of benzene rings is 1. The molecule has 0 aliphatic heterocycles. The first-order valence-electron chi connectivity index (χ1n) is 5.20. The quantitative estimate of drug-likeness (QED) is 0.885. The highest BCUT2D eigenvalue weighted by atomic mass is 32.2. The van der Waals surface area contributed by atoms with Crippen LogP contribution in [0.15, 0.2) is 18.2 Å². The lowest BCUT2D eigenvalue weighted by molar-refractivity contribution is 0.624. The topological polar surface area (TPSA) is 43.1 Å². The third-order valence-electron chi connectivity index (χ3n) is 2.36. The van der Waals surface area contributed by atoms with Gasteiger partial charge < -0.3 is 5.73 Å². The fraction of sp³-hybridized carbons (Fsp3) is 0.500. The Balaban J connectivity index is 2.96. The second-order valence-corrected chi connectivity index (χ2v) is 6.92. The van der Waals surface area contributed by atoms with E-state index in [-0.39, 0.29) is 10.6 Å². The molecule has 0 heterocycles. The Morgan fingerprint density at radius 3 is 2.44 bits per heavy atom. The molecule has 0 spiro atoms. The molecule has 2 N–H and O–H groups in total. The van der Waals surface area contributed by atoms with Gasteiger partial charge >= 0.3 is 0 Å². The zero-order valence-corrected chi connectivity index (χ0v) is 10.7. The van der Waals surface area contributed by atoms with E-state index in [0.717, 1.165) is 11.1 Å². The minimum absolute atomic E-state index is 0.293. The predicted octanol–water partition coefficient (Wildman–Crippen LogP) is 2.33. The molecule has 16 heavy (non-hydrogen) atoms. The third-order valence-corrected chi connectivity index (χ3v) is 4.30. The standard InChI is InChI=1S/C12H18FNOS/c1-12(2,3)16(15)8-10-6-11(13)5-4-9(10)7-14/h4-6H,7-8,14H2,1-3H3. The van der Waals surface area contributed by atoms with Crippen LogP contribution < -0.4 is 5.73 Å². The summed E-state index contributed by atoms with van der Waals surface area (Å²) in [4.78, 5) is 0. The first kappa shape index (κ1) is 13.3. The molecular weight excluding hydrogens is 225 g/mol. The molecule has 1 aromatic rings. The third kappa shape index (κ3) is 3.39. The molecule has 0 radical (unpaired) electrons. The van der Waals surface area contributed by atoms with Crippen molar-refractivity contribution in [2.75, 3.05) is 0 Å². The second kappa shape index (κ2) is 5.06. The van der Waals surface area contributed by atoms with Crippen molar-refractivity contribution in [2.24, 2.45) is 5.73 Å². The molecule has 0 saturated carbocycles. The summed E-state index contributed by atoms with van der Waals surface area (Å²) in [6.45, 7) is 6.07. The van der Waals surface area contributed by atoms with E-state index in [9.17, 15) is 8.60 Å². The molecule has 0 bridgehead atoms. The van der Waals surface area contributed by atoms with Crippen molar-refractivity contribution in [1.29, 1.82) is 0 Å². The van der Waals surface area contributed by atoms with Crippen LogP contribution in [0.3, 0.4) is 0 Å². The van der Waals surface area contributed by atoms with E-state index in [1.807, 2.05) is 20.8 Å². The minimum atomic E-state index is -1.03. The van der Waals surface area contributed by atoms with Gasteiger partial charge in [-0.15, -0.1) is 0 Å². The molecule has 1 aromatic carbocycles. The van der Waals surface area contributed by atoms with Gasteiger partial charge in [-0.25, -0.2) is 4.39 Å². The summed E-state index contributed by atoms with van der Waals surface area (Å²) >= 11 is 0. The van der Waals surface area contributed by atoms with Crippen LogP contribution in [0.2, 0.25) is 0 Å². The number of halogens is 1. The maximum atomic E-state index is 13.1. The lowest BCUT2D eigenvalue weighted by atomic mass is 10.1. The van der Waals surface area contributed by atoms with Gasteiger partial charge in [0.05, 0.1) is 0 Å². The van der Waals surface area contributed by atoms with Gasteiger partial charge in [0, 0.05) is 27.8 Å². The molecule has 1 unspecified atom stereocenters. The summed E-state index contributed by atoms with van der Waals surface area (Å²) in [5.41, 5.74) is 7.17. The normalized spacial score (nSPS) is 13.8. The number of hydrogen-bond acceptors (Lipinski definition) is 2. The monoisotopic (exact) mass is 243 g/mol. The van der Waals surface area contributed by atoms with Crippen molar-refractivity contribution in [2.45, 2.75) is 37.8 Å². The molecule has 1 atom stereocenters. The van der Waals surface area contributed by atoms with Crippen molar-refractivity contribution in [3.8, 4) is 0 Å². The van der Waals surface area contributed by atoms with E-state index in [0.29, 0.717) is 12.3 Å². The van der Waals surface area contributed by atoms with E-state index in [4.69, 9.17) is 5.73 Å². The van der Waals surface area contributed by atoms with Crippen molar-refractivity contribution in [3.63, 3.8) is 0 Å². The Kier molecular flexibility index (Phi) is 4.21. The zero-order valence-electron chi connectivity index (χ0n) is 9.92. The maximum absolute atomic E-state index is 13.1. The summed E-state index contributed by atoms with van der Waals surface area (Å²) in [6, 6.07) is 4.46. The zero-order chi connectivity index (χ0) is 12.3. The van der Waals surface area contributed by atoms with Crippen LogP contribution in [0, 0.1) is 5.82 Å². The predicted molar refractivity (Wildman–Crippen MR) is 65.9 cm³/mol. The highest BCUT2D eigenvalue weighted by Crippen LogP contribution is 2.19. The fourth-order valence-corrected chi connectivity index (χ4v) is 2.27. The van der Waals surface area contributed by atoms with Crippen LogP contribution in [0.5, 0.6) is 0 Å². The van der Waals surface area contributed by atoms with Gasteiger partial charge in [-0.05, 0) is 44.0 Å². The number of rotatable bonds is 3. The van der Waals surface area contributed by atoms with E-state index in [1.165, 1.54) is 12.1 Å². The average molecular weight is 243 g/mol. The summed E-state index contributed by atoms with van der Waals surface area (Å²) in [5, 5.41) is 0. The Morgan fingerprint density at radius 2 is 1.94 bits per heavy atom. The van der Waals surface area contributed by atoms with Gasteiger partial charge in [0.1, 0.15) is 5.82 Å². The average Bonchev–Trinajstić information content (AvgIpc) is 2.16. The molecule has 0 aliphatic rings. The van der Waals surface area contributed by atoms with Crippen LogP contribution in [0.1, 0.15) is 31.9 Å². The van der Waals surface area contributed by atoms with E-state index >= 15 is 0 Å². The Bertz CT molecular complexity index is 398. The van der Waals surface area contributed by atoms with Crippen molar-refractivity contribution in [1.82, 2.24) is 0 Å². The Hall–Kier alpha value is -0.740. The molecule has 0 aromatic heterocycles. The summed E-state index contributed by atoms with van der Waals surface area (Å²) < 4.78 is 24.8. The Morgan fingerprint density at radius 1 is 1.31 bits per heavy atom. The molecule has 0 aliphatic carbocycles. The number of nitrogens with two attached hydrogens (primary N) is 1. The minimum Gasteiger partial charge on any atom is -0.326 e. The molecule has 90 valence electrons. The van der Waals surface area contributed by atoms with Crippen LogP contribution in [-0.2, 0) is 23.1 Å². The lowest BCUT2D eigenvalue weighted by Crippen LogP contribution is -2.23. The van der Waals surface area contributed by atoms with Gasteiger partial charge in [-0.2, -0.15) is 0 Å².